The third kappa shape index (κ3) is 6.23. The zero-order valence-electron chi connectivity index (χ0n) is 21.6. The Morgan fingerprint density at radius 2 is 1.75 bits per heavy atom. The zero-order chi connectivity index (χ0) is 28.4. The molecule has 2 aliphatic rings. The number of para-hydroxylation sites is 1. The van der Waals surface area contributed by atoms with Gasteiger partial charge in [-0.1, -0.05) is 47.8 Å². The number of hydrogen-bond donors (Lipinski definition) is 1. The summed E-state index contributed by atoms with van der Waals surface area (Å²) in [7, 11) is -3.06. The van der Waals surface area contributed by atoms with Gasteiger partial charge in [0.05, 0.1) is 32.2 Å². The first-order valence-corrected chi connectivity index (χ1v) is 15.6. The van der Waals surface area contributed by atoms with Crippen LogP contribution in [0.1, 0.15) is 23.7 Å². The molecule has 0 atom stereocenters. The third-order valence-corrected chi connectivity index (χ3v) is 9.28. The molecule has 1 aromatic heterocycles. The fourth-order valence-electron chi connectivity index (χ4n) is 4.67. The van der Waals surface area contributed by atoms with Crippen molar-refractivity contribution in [3.63, 3.8) is 0 Å². The number of rotatable bonds is 8. The summed E-state index contributed by atoms with van der Waals surface area (Å²) in [6, 6.07) is 10.5. The van der Waals surface area contributed by atoms with Crippen LogP contribution in [0.3, 0.4) is 0 Å². The van der Waals surface area contributed by atoms with E-state index in [-0.39, 0.29) is 41.7 Å². The first-order chi connectivity index (χ1) is 19.1. The number of nitrogens with zero attached hydrogens (tertiary/aromatic N) is 5. The van der Waals surface area contributed by atoms with E-state index < -0.39 is 9.84 Å². The summed E-state index contributed by atoms with van der Waals surface area (Å²) in [5.41, 5.74) is 2.07. The van der Waals surface area contributed by atoms with Crippen molar-refractivity contribution in [3.05, 3.63) is 63.2 Å². The van der Waals surface area contributed by atoms with E-state index in [0.717, 1.165) is 5.69 Å². The Morgan fingerprint density at radius 3 is 2.42 bits per heavy atom. The van der Waals surface area contributed by atoms with E-state index >= 15 is 0 Å². The number of anilines is 4. The highest BCUT2D eigenvalue weighted by Gasteiger charge is 2.31. The number of ether oxygens (including phenoxy) is 1. The molecule has 1 saturated heterocycles. The van der Waals surface area contributed by atoms with Crippen LogP contribution in [0.4, 0.5) is 23.0 Å². The quantitative estimate of drug-likeness (QED) is 0.367. The van der Waals surface area contributed by atoms with Crippen LogP contribution < -0.4 is 19.9 Å². The second-order valence-corrected chi connectivity index (χ2v) is 12.8. The highest BCUT2D eigenvalue weighted by Crippen LogP contribution is 2.37. The Hall–Kier alpha value is -2.83. The molecule has 3 aromatic rings. The maximum Gasteiger partial charge on any atom is 0.268 e. The van der Waals surface area contributed by atoms with Gasteiger partial charge in [0.25, 0.3) is 5.91 Å². The zero-order valence-corrected chi connectivity index (χ0v) is 24.7. The number of hydrogen-bond acceptors (Lipinski definition) is 9. The molecular weight excluding hydrogens is 599 g/mol. The fraction of sp³-hybridized carbons (Fsp3) is 0.346. The molecule has 0 radical (unpaired) electrons. The molecule has 40 heavy (non-hydrogen) atoms. The second kappa shape index (κ2) is 12.0. The van der Waals surface area contributed by atoms with E-state index in [9.17, 15) is 13.2 Å². The summed E-state index contributed by atoms with van der Waals surface area (Å²) in [5.74, 6) is 0.301. The average Bonchev–Trinajstić information content (AvgIpc) is 2.90. The largest absolute Gasteiger partial charge is 0.455 e. The van der Waals surface area contributed by atoms with Crippen molar-refractivity contribution in [1.82, 2.24) is 14.9 Å². The Labute approximate surface area is 247 Å². The molecule has 1 fully saturated rings. The minimum Gasteiger partial charge on any atom is -0.455 e. The lowest BCUT2D eigenvalue weighted by atomic mass is 10.2. The molecule has 1 N–H and O–H groups in total. The first-order valence-electron chi connectivity index (χ1n) is 12.6. The van der Waals surface area contributed by atoms with E-state index in [1.165, 1.54) is 11.1 Å². The third-order valence-electron chi connectivity index (χ3n) is 6.58. The molecule has 1 amide bonds. The minimum atomic E-state index is -3.06. The molecule has 3 heterocycles. The molecule has 5 rings (SSSR count). The molecule has 0 unspecified atom stereocenters. The number of benzene rings is 2. The molecular formula is C26H27Cl3N6O4S. The van der Waals surface area contributed by atoms with Crippen molar-refractivity contribution < 1.29 is 17.9 Å². The van der Waals surface area contributed by atoms with Crippen LogP contribution in [0.2, 0.25) is 15.1 Å². The number of amides is 1. The molecule has 2 aromatic carbocycles. The lowest BCUT2D eigenvalue weighted by Crippen LogP contribution is -2.48. The van der Waals surface area contributed by atoms with Gasteiger partial charge in [-0.05, 0) is 36.8 Å². The Morgan fingerprint density at radius 1 is 1.02 bits per heavy atom. The predicted octanol–water partition coefficient (Wildman–Crippen LogP) is 5.08. The standard InChI is InChI=1S/C26H27Cl3N6O4S/c1-2-12-40(37,38)16-33-8-10-34(11-9-33)22-7-6-17(13-21(22)29)31-26-30-14-18-24(32-26)39-15-35(25(18)36)23-19(27)4-3-5-20(23)28/h3-7,13-14H,2,8-12,15-16H2,1H3,(H,30,31,32). The van der Waals surface area contributed by atoms with Gasteiger partial charge < -0.3 is 15.0 Å². The maximum absolute atomic E-state index is 13.1. The molecule has 10 nitrogen and oxygen atoms in total. The molecule has 0 aliphatic carbocycles. The van der Waals surface area contributed by atoms with Crippen LogP contribution in [-0.2, 0) is 9.84 Å². The summed E-state index contributed by atoms with van der Waals surface area (Å²) >= 11 is 19.2. The number of fused-ring (bicyclic) bond motifs is 1. The van der Waals surface area contributed by atoms with Gasteiger partial charge in [0.1, 0.15) is 11.4 Å². The van der Waals surface area contributed by atoms with Crippen molar-refractivity contribution in [2.24, 2.45) is 0 Å². The van der Waals surface area contributed by atoms with E-state index in [1.807, 2.05) is 24.0 Å². The lowest BCUT2D eigenvalue weighted by Gasteiger charge is -2.36. The van der Waals surface area contributed by atoms with E-state index in [0.29, 0.717) is 59.0 Å². The Balaban J connectivity index is 1.24. The number of halogens is 3. The van der Waals surface area contributed by atoms with Crippen molar-refractivity contribution in [1.29, 1.82) is 0 Å². The lowest BCUT2D eigenvalue weighted by molar-refractivity contribution is 0.0932. The van der Waals surface area contributed by atoms with E-state index in [2.05, 4.69) is 20.2 Å². The van der Waals surface area contributed by atoms with Crippen molar-refractivity contribution in [2.45, 2.75) is 13.3 Å². The summed E-state index contributed by atoms with van der Waals surface area (Å²) in [6.07, 6.45) is 2.01. The summed E-state index contributed by atoms with van der Waals surface area (Å²) in [5, 5.41) is 4.29. The van der Waals surface area contributed by atoms with Crippen LogP contribution >= 0.6 is 34.8 Å². The van der Waals surface area contributed by atoms with Crippen molar-refractivity contribution in [2.75, 3.05) is 59.7 Å². The fourth-order valence-corrected chi connectivity index (χ4v) is 7.13. The molecule has 0 spiro atoms. The van der Waals surface area contributed by atoms with E-state index in [4.69, 9.17) is 39.5 Å². The number of carbonyl (C=O) groups excluding carboxylic acids is 1. The van der Waals surface area contributed by atoms with Crippen LogP contribution in [0.5, 0.6) is 5.88 Å². The average molecular weight is 626 g/mol. The van der Waals surface area contributed by atoms with Crippen LogP contribution in [0.15, 0.2) is 42.6 Å². The summed E-state index contributed by atoms with van der Waals surface area (Å²) < 4.78 is 30.1. The topological polar surface area (TPSA) is 108 Å². The van der Waals surface area contributed by atoms with Gasteiger partial charge >= 0.3 is 0 Å². The van der Waals surface area contributed by atoms with Gasteiger partial charge in [-0.3, -0.25) is 14.6 Å². The second-order valence-electron chi connectivity index (χ2n) is 9.46. The van der Waals surface area contributed by atoms with Gasteiger partial charge in [-0.2, -0.15) is 4.98 Å². The van der Waals surface area contributed by atoms with Crippen LogP contribution in [0, 0.1) is 0 Å². The smallest absolute Gasteiger partial charge is 0.268 e. The number of nitrogens with one attached hydrogen (secondary N) is 1. The number of piperazine rings is 1. The van der Waals surface area contributed by atoms with Gasteiger partial charge in [-0.15, -0.1) is 0 Å². The summed E-state index contributed by atoms with van der Waals surface area (Å²) in [6.45, 7) is 4.38. The highest BCUT2D eigenvalue weighted by atomic mass is 35.5. The highest BCUT2D eigenvalue weighted by molar-refractivity contribution is 7.91. The number of aromatic nitrogens is 2. The molecule has 2 aliphatic heterocycles. The van der Waals surface area contributed by atoms with Crippen molar-refractivity contribution in [3.8, 4) is 5.88 Å². The van der Waals surface area contributed by atoms with Gasteiger partial charge in [-0.25, -0.2) is 13.4 Å². The number of sulfone groups is 1. The van der Waals surface area contributed by atoms with E-state index in [1.54, 1.807) is 24.3 Å². The molecule has 14 heteroatoms. The monoisotopic (exact) mass is 624 g/mol. The van der Waals surface area contributed by atoms with Gasteiger partial charge in [0, 0.05) is 38.1 Å². The molecule has 0 bridgehead atoms. The predicted molar refractivity (Wildman–Crippen MR) is 158 cm³/mol. The van der Waals surface area contributed by atoms with Crippen molar-refractivity contribution >= 4 is 73.6 Å². The molecule has 0 saturated carbocycles. The normalized spacial score (nSPS) is 16.1. The van der Waals surface area contributed by atoms with Crippen LogP contribution in [-0.4, -0.2) is 73.7 Å². The molecule has 212 valence electrons. The first kappa shape index (κ1) is 28.7. The Kier molecular flexibility index (Phi) is 8.58. The Bertz CT molecular complexity index is 1510. The van der Waals surface area contributed by atoms with Crippen LogP contribution in [0.25, 0.3) is 0 Å². The van der Waals surface area contributed by atoms with Gasteiger partial charge in [0.15, 0.2) is 16.6 Å². The minimum absolute atomic E-state index is 0.0904. The SMILES string of the molecule is CCCS(=O)(=O)CN1CCN(c2ccc(Nc3ncc4c(n3)OCN(c3c(Cl)cccc3Cl)C4=O)cc2Cl)CC1. The summed E-state index contributed by atoms with van der Waals surface area (Å²) in [4.78, 5) is 27.2. The number of carbonyl (C=O) groups is 1. The van der Waals surface area contributed by atoms with Gasteiger partial charge in [0.2, 0.25) is 11.8 Å². The maximum atomic E-state index is 13.1.